The third kappa shape index (κ3) is 3.90. The van der Waals surface area contributed by atoms with Gasteiger partial charge in [-0.05, 0) is 55.0 Å². The van der Waals surface area contributed by atoms with E-state index in [1.165, 1.54) is 36.4 Å². The predicted octanol–water partition coefficient (Wildman–Crippen LogP) is 2.94. The molecule has 0 atom stereocenters. The molecule has 8 heteroatoms. The first-order chi connectivity index (χ1) is 10.3. The smallest absolute Gasteiger partial charge is 0.316 e. The zero-order valence-corrected chi connectivity index (χ0v) is 13.2. The number of aryl methyl sites for hydroxylation is 1. The Morgan fingerprint density at radius 3 is 2.23 bits per heavy atom. The Morgan fingerprint density at radius 2 is 1.68 bits per heavy atom. The molecule has 0 aromatic heterocycles. The molecule has 0 fully saturated rings. The minimum absolute atomic E-state index is 0.149. The molecule has 2 aromatic rings. The Bertz CT molecular complexity index is 805. The van der Waals surface area contributed by atoms with Crippen LogP contribution in [-0.2, 0) is 10.0 Å². The molecule has 0 aliphatic carbocycles. The first kappa shape index (κ1) is 16.1. The second-order valence-corrected chi connectivity index (χ2v) is 6.67. The number of amides is 2. The van der Waals surface area contributed by atoms with Gasteiger partial charge in [0.15, 0.2) is 0 Å². The molecule has 22 heavy (non-hydrogen) atoms. The van der Waals surface area contributed by atoms with E-state index < -0.39 is 16.1 Å². The van der Waals surface area contributed by atoms with Crippen molar-refractivity contribution in [3.05, 3.63) is 53.1 Å². The average molecular weight is 340 g/mol. The number of hydrogen-bond acceptors (Lipinski definition) is 3. The number of sulfonamides is 1. The van der Waals surface area contributed by atoms with Crippen molar-refractivity contribution in [2.45, 2.75) is 11.8 Å². The topological polar surface area (TPSA) is 101 Å². The maximum Gasteiger partial charge on any atom is 0.316 e. The van der Waals surface area contributed by atoms with Crippen molar-refractivity contribution in [1.82, 2.24) is 0 Å². The van der Waals surface area contributed by atoms with Crippen LogP contribution >= 0.6 is 11.6 Å². The van der Waals surface area contributed by atoms with Gasteiger partial charge in [0.05, 0.1) is 4.90 Å². The van der Waals surface area contributed by atoms with Crippen LogP contribution in [0.15, 0.2) is 47.4 Å². The fourth-order valence-corrected chi connectivity index (χ4v) is 3.40. The van der Waals surface area contributed by atoms with Crippen LogP contribution in [0, 0.1) is 6.92 Å². The molecular weight excluding hydrogens is 326 g/mol. The number of halogens is 1. The van der Waals surface area contributed by atoms with Crippen molar-refractivity contribution >= 4 is 39.0 Å². The molecule has 0 unspecified atom stereocenters. The van der Waals surface area contributed by atoms with Crippen molar-refractivity contribution in [2.24, 2.45) is 5.73 Å². The Hall–Kier alpha value is -2.25. The highest BCUT2D eigenvalue weighted by Crippen LogP contribution is 2.23. The quantitative estimate of drug-likeness (QED) is 0.798. The predicted molar refractivity (Wildman–Crippen MR) is 86.6 cm³/mol. The summed E-state index contributed by atoms with van der Waals surface area (Å²) in [6.07, 6.45) is 0. The van der Waals surface area contributed by atoms with E-state index in [4.69, 9.17) is 17.3 Å². The van der Waals surface area contributed by atoms with Gasteiger partial charge in [0.25, 0.3) is 10.0 Å². The molecule has 0 aliphatic heterocycles. The summed E-state index contributed by atoms with van der Waals surface area (Å²) in [4.78, 5) is 10.9. The third-order valence-corrected chi connectivity index (χ3v) is 4.61. The number of rotatable bonds is 4. The summed E-state index contributed by atoms with van der Waals surface area (Å²) in [6, 6.07) is 9.98. The van der Waals surface area contributed by atoms with Crippen LogP contribution in [0.5, 0.6) is 0 Å². The summed E-state index contributed by atoms with van der Waals surface area (Å²) in [5.74, 6) is 0. The molecule has 0 bridgehead atoms. The van der Waals surface area contributed by atoms with E-state index in [-0.39, 0.29) is 4.90 Å². The maximum atomic E-state index is 12.4. The lowest BCUT2D eigenvalue weighted by atomic mass is 10.2. The largest absolute Gasteiger partial charge is 0.351 e. The molecule has 116 valence electrons. The molecular formula is C14H14ClN3O3S. The minimum atomic E-state index is -3.72. The molecule has 0 aliphatic rings. The van der Waals surface area contributed by atoms with E-state index in [0.717, 1.165) is 0 Å². The number of primary amides is 1. The number of nitrogens with two attached hydrogens (primary N) is 1. The summed E-state index contributed by atoms with van der Waals surface area (Å²) in [5.41, 5.74) is 6.38. The van der Waals surface area contributed by atoms with Crippen LogP contribution in [-0.4, -0.2) is 14.4 Å². The van der Waals surface area contributed by atoms with Crippen molar-refractivity contribution in [3.8, 4) is 0 Å². The van der Waals surface area contributed by atoms with Gasteiger partial charge in [-0.25, -0.2) is 13.2 Å². The van der Waals surface area contributed by atoms with E-state index >= 15 is 0 Å². The molecule has 0 radical (unpaired) electrons. The lowest BCUT2D eigenvalue weighted by molar-refractivity contribution is 0.259. The van der Waals surface area contributed by atoms with E-state index in [0.29, 0.717) is 22.0 Å². The van der Waals surface area contributed by atoms with E-state index in [1.807, 2.05) is 0 Å². The van der Waals surface area contributed by atoms with Crippen molar-refractivity contribution in [2.75, 3.05) is 10.0 Å². The van der Waals surface area contributed by atoms with Gasteiger partial charge in [0, 0.05) is 16.4 Å². The molecule has 0 heterocycles. The molecule has 6 nitrogen and oxygen atoms in total. The zero-order chi connectivity index (χ0) is 16.3. The number of benzene rings is 2. The average Bonchev–Trinajstić information content (AvgIpc) is 2.39. The van der Waals surface area contributed by atoms with Gasteiger partial charge in [-0.15, -0.1) is 0 Å². The monoisotopic (exact) mass is 339 g/mol. The Morgan fingerprint density at radius 1 is 1.09 bits per heavy atom. The number of anilines is 2. The zero-order valence-electron chi connectivity index (χ0n) is 11.6. The molecule has 2 aromatic carbocycles. The van der Waals surface area contributed by atoms with Gasteiger partial charge >= 0.3 is 6.03 Å². The summed E-state index contributed by atoms with van der Waals surface area (Å²) < 4.78 is 27.2. The van der Waals surface area contributed by atoms with Crippen LogP contribution in [0.1, 0.15) is 5.56 Å². The van der Waals surface area contributed by atoms with Gasteiger partial charge < -0.3 is 11.1 Å². The first-order valence-corrected chi connectivity index (χ1v) is 8.09. The number of carbonyl (C=O) groups is 1. The van der Waals surface area contributed by atoms with Gasteiger partial charge in [0.2, 0.25) is 0 Å². The SMILES string of the molecule is Cc1cc(Cl)ccc1S(=O)(=O)Nc1ccc(NC(N)=O)cc1. The Balaban J connectivity index is 2.23. The second-order valence-electron chi connectivity index (χ2n) is 4.58. The Labute approximate surface area is 133 Å². The van der Waals surface area contributed by atoms with Gasteiger partial charge in [-0.1, -0.05) is 11.6 Å². The van der Waals surface area contributed by atoms with Crippen LogP contribution in [0.25, 0.3) is 0 Å². The van der Waals surface area contributed by atoms with Crippen LogP contribution in [0.2, 0.25) is 5.02 Å². The minimum Gasteiger partial charge on any atom is -0.351 e. The van der Waals surface area contributed by atoms with Gasteiger partial charge in [0.1, 0.15) is 0 Å². The summed E-state index contributed by atoms with van der Waals surface area (Å²) in [6.45, 7) is 1.67. The fraction of sp³-hybridized carbons (Fsp3) is 0.0714. The lowest BCUT2D eigenvalue weighted by Gasteiger charge is -2.11. The number of hydrogen-bond donors (Lipinski definition) is 3. The number of urea groups is 1. The van der Waals surface area contributed by atoms with Crippen LogP contribution in [0.4, 0.5) is 16.2 Å². The fourth-order valence-electron chi connectivity index (χ4n) is 1.89. The highest BCUT2D eigenvalue weighted by Gasteiger charge is 2.17. The van der Waals surface area contributed by atoms with Crippen molar-refractivity contribution in [1.29, 1.82) is 0 Å². The highest BCUT2D eigenvalue weighted by molar-refractivity contribution is 7.92. The van der Waals surface area contributed by atoms with E-state index in [9.17, 15) is 13.2 Å². The van der Waals surface area contributed by atoms with Gasteiger partial charge in [-0.2, -0.15) is 0 Å². The summed E-state index contributed by atoms with van der Waals surface area (Å²) in [7, 11) is -3.72. The number of nitrogens with one attached hydrogen (secondary N) is 2. The van der Waals surface area contributed by atoms with Crippen LogP contribution in [0.3, 0.4) is 0 Å². The standard InChI is InChI=1S/C14H14ClN3O3S/c1-9-8-10(15)2-7-13(9)22(20,21)18-12-5-3-11(4-6-12)17-14(16)19/h2-8,18H,1H3,(H3,16,17,19). The molecule has 2 amide bonds. The Kier molecular flexibility index (Phi) is 4.58. The van der Waals surface area contributed by atoms with Crippen molar-refractivity contribution in [3.63, 3.8) is 0 Å². The molecule has 0 saturated heterocycles. The molecule has 2 rings (SSSR count). The third-order valence-electron chi connectivity index (χ3n) is 2.83. The molecule has 0 spiro atoms. The van der Waals surface area contributed by atoms with Gasteiger partial charge in [-0.3, -0.25) is 4.72 Å². The van der Waals surface area contributed by atoms with E-state index in [2.05, 4.69) is 10.0 Å². The first-order valence-electron chi connectivity index (χ1n) is 6.23. The molecule has 0 saturated carbocycles. The summed E-state index contributed by atoms with van der Waals surface area (Å²) in [5, 5.41) is 2.86. The lowest BCUT2D eigenvalue weighted by Crippen LogP contribution is -2.19. The highest BCUT2D eigenvalue weighted by atomic mass is 35.5. The van der Waals surface area contributed by atoms with Crippen LogP contribution < -0.4 is 15.8 Å². The summed E-state index contributed by atoms with van der Waals surface area (Å²) >= 11 is 5.83. The number of carbonyl (C=O) groups excluding carboxylic acids is 1. The molecule has 4 N–H and O–H groups in total. The van der Waals surface area contributed by atoms with E-state index in [1.54, 1.807) is 13.0 Å². The normalized spacial score (nSPS) is 11.0. The maximum absolute atomic E-state index is 12.4. The second kappa shape index (κ2) is 6.25. The van der Waals surface area contributed by atoms with Crippen molar-refractivity contribution < 1.29 is 13.2 Å².